The lowest BCUT2D eigenvalue weighted by atomic mass is 10.1. The summed E-state index contributed by atoms with van der Waals surface area (Å²) in [4.78, 5) is 8.33. The fourth-order valence-electron chi connectivity index (χ4n) is 1.92. The van der Waals surface area contributed by atoms with Gasteiger partial charge in [0.1, 0.15) is 0 Å². The molecule has 96 valence electrons. The molecule has 0 saturated carbocycles. The fourth-order valence-corrected chi connectivity index (χ4v) is 1.92. The Morgan fingerprint density at radius 3 is 2.70 bits per heavy atom. The van der Waals surface area contributed by atoms with Crippen LogP contribution in [0.1, 0.15) is 5.56 Å². The van der Waals surface area contributed by atoms with Crippen molar-refractivity contribution in [2.45, 2.75) is 6.42 Å². The Hall–Kier alpha value is -3.00. The Bertz CT molecular complexity index is 759. The number of pyridine rings is 1. The van der Waals surface area contributed by atoms with Crippen LogP contribution >= 0.6 is 0 Å². The van der Waals surface area contributed by atoms with Crippen molar-refractivity contribution in [1.29, 1.82) is 5.26 Å². The average molecular weight is 262 g/mol. The topological polar surface area (TPSA) is 75.6 Å². The molecule has 0 aliphatic rings. The van der Waals surface area contributed by atoms with Crippen LogP contribution in [0.25, 0.3) is 22.8 Å². The highest BCUT2D eigenvalue weighted by molar-refractivity contribution is 5.62. The van der Waals surface area contributed by atoms with Gasteiger partial charge in [-0.15, -0.1) is 0 Å². The summed E-state index contributed by atoms with van der Waals surface area (Å²) < 4.78 is 5.30. The Morgan fingerprint density at radius 1 is 1.10 bits per heavy atom. The molecule has 0 amide bonds. The summed E-state index contributed by atoms with van der Waals surface area (Å²) in [6, 6.07) is 13.3. The molecule has 0 bridgehead atoms. The van der Waals surface area contributed by atoms with E-state index >= 15 is 0 Å². The van der Waals surface area contributed by atoms with E-state index in [1.165, 1.54) is 0 Å². The van der Waals surface area contributed by atoms with Crippen LogP contribution in [0.2, 0.25) is 0 Å². The van der Waals surface area contributed by atoms with Crippen LogP contribution in [0.4, 0.5) is 0 Å². The zero-order valence-corrected chi connectivity index (χ0v) is 10.5. The maximum atomic E-state index is 8.85. The van der Waals surface area contributed by atoms with E-state index in [4.69, 9.17) is 9.78 Å². The first kappa shape index (κ1) is 12.1. The van der Waals surface area contributed by atoms with Crippen LogP contribution in [0.15, 0.2) is 53.3 Å². The second kappa shape index (κ2) is 5.33. The number of hydrogen-bond donors (Lipinski definition) is 0. The van der Waals surface area contributed by atoms with Crippen molar-refractivity contribution >= 4 is 0 Å². The molecule has 3 rings (SSSR count). The van der Waals surface area contributed by atoms with Gasteiger partial charge in [-0.3, -0.25) is 4.98 Å². The molecule has 2 aromatic heterocycles. The van der Waals surface area contributed by atoms with Gasteiger partial charge in [-0.05, 0) is 23.8 Å². The third-order valence-electron chi connectivity index (χ3n) is 2.88. The van der Waals surface area contributed by atoms with Crippen molar-refractivity contribution in [3.8, 4) is 28.9 Å². The van der Waals surface area contributed by atoms with E-state index in [9.17, 15) is 0 Å². The Kier molecular flexibility index (Phi) is 3.21. The van der Waals surface area contributed by atoms with Gasteiger partial charge in [0.25, 0.3) is 5.89 Å². The molecular formula is C15H10N4O. The predicted octanol–water partition coefficient (Wildman–Crippen LogP) is 2.86. The lowest BCUT2D eigenvalue weighted by Crippen LogP contribution is -1.88. The minimum atomic E-state index is 0.309. The summed E-state index contributed by atoms with van der Waals surface area (Å²) in [6.45, 7) is 0. The highest BCUT2D eigenvalue weighted by atomic mass is 16.5. The fraction of sp³-hybridized carbons (Fsp3) is 0.0667. The summed E-state index contributed by atoms with van der Waals surface area (Å²) in [5.74, 6) is 0.928. The molecule has 0 aliphatic carbocycles. The van der Waals surface area contributed by atoms with E-state index in [-0.39, 0.29) is 0 Å². The van der Waals surface area contributed by atoms with Gasteiger partial charge in [0, 0.05) is 23.5 Å². The van der Waals surface area contributed by atoms with Gasteiger partial charge in [0.2, 0.25) is 5.82 Å². The molecule has 0 radical (unpaired) electrons. The molecule has 0 fully saturated rings. The minimum absolute atomic E-state index is 0.309. The van der Waals surface area contributed by atoms with Gasteiger partial charge in [-0.25, -0.2) is 0 Å². The van der Waals surface area contributed by atoms with Crippen molar-refractivity contribution in [2.24, 2.45) is 0 Å². The molecule has 0 aliphatic heterocycles. The maximum Gasteiger partial charge on any atom is 0.258 e. The van der Waals surface area contributed by atoms with Crippen molar-refractivity contribution in [1.82, 2.24) is 15.1 Å². The van der Waals surface area contributed by atoms with Crippen LogP contribution in [-0.2, 0) is 6.42 Å². The van der Waals surface area contributed by atoms with E-state index in [2.05, 4.69) is 21.2 Å². The van der Waals surface area contributed by atoms with Gasteiger partial charge < -0.3 is 4.52 Å². The summed E-state index contributed by atoms with van der Waals surface area (Å²) in [7, 11) is 0. The van der Waals surface area contributed by atoms with Gasteiger partial charge in [-0.2, -0.15) is 10.2 Å². The first-order chi connectivity index (χ1) is 9.88. The zero-order chi connectivity index (χ0) is 13.8. The van der Waals surface area contributed by atoms with E-state index < -0.39 is 0 Å². The van der Waals surface area contributed by atoms with Crippen LogP contribution in [0.5, 0.6) is 0 Å². The van der Waals surface area contributed by atoms with E-state index in [1.54, 1.807) is 12.4 Å². The molecule has 0 spiro atoms. The molecule has 0 N–H and O–H groups in total. The molecule has 3 aromatic rings. The molecular weight excluding hydrogens is 252 g/mol. The summed E-state index contributed by atoms with van der Waals surface area (Å²) >= 11 is 0. The van der Waals surface area contributed by atoms with E-state index in [1.807, 2.05) is 36.4 Å². The molecule has 20 heavy (non-hydrogen) atoms. The molecule has 0 unspecified atom stereocenters. The predicted molar refractivity (Wildman–Crippen MR) is 72.3 cm³/mol. The SMILES string of the molecule is N#CCc1ccccc1-c1nc(-c2ccncc2)no1. The van der Waals surface area contributed by atoms with Gasteiger partial charge in [0.05, 0.1) is 12.5 Å². The summed E-state index contributed by atoms with van der Waals surface area (Å²) in [5.41, 5.74) is 2.51. The third kappa shape index (κ3) is 2.27. The minimum Gasteiger partial charge on any atom is -0.334 e. The molecule has 0 atom stereocenters. The second-order valence-corrected chi connectivity index (χ2v) is 4.15. The monoisotopic (exact) mass is 262 g/mol. The summed E-state index contributed by atoms with van der Waals surface area (Å²) in [5, 5.41) is 12.8. The standard InChI is InChI=1S/C15H10N4O/c16-8-5-11-3-1-2-4-13(11)15-18-14(19-20-15)12-6-9-17-10-7-12/h1-4,6-7,9-10H,5H2. The Morgan fingerprint density at radius 2 is 1.90 bits per heavy atom. The smallest absolute Gasteiger partial charge is 0.258 e. The van der Waals surface area contributed by atoms with Crippen LogP contribution in [0.3, 0.4) is 0 Å². The first-order valence-corrected chi connectivity index (χ1v) is 6.08. The molecule has 2 heterocycles. The number of hydrogen-bond acceptors (Lipinski definition) is 5. The average Bonchev–Trinajstić information content (AvgIpc) is 2.99. The van der Waals surface area contributed by atoms with Crippen molar-refractivity contribution < 1.29 is 4.52 Å². The normalized spacial score (nSPS) is 10.2. The number of aromatic nitrogens is 3. The Labute approximate surface area is 115 Å². The molecule has 0 saturated heterocycles. The van der Waals surface area contributed by atoms with Gasteiger partial charge in [-0.1, -0.05) is 23.4 Å². The highest BCUT2D eigenvalue weighted by Crippen LogP contribution is 2.25. The van der Waals surface area contributed by atoms with Crippen molar-refractivity contribution in [2.75, 3.05) is 0 Å². The number of nitriles is 1. The third-order valence-corrected chi connectivity index (χ3v) is 2.88. The number of nitrogens with zero attached hydrogens (tertiary/aromatic N) is 4. The first-order valence-electron chi connectivity index (χ1n) is 6.08. The van der Waals surface area contributed by atoms with Crippen LogP contribution < -0.4 is 0 Å². The number of rotatable bonds is 3. The quantitative estimate of drug-likeness (QED) is 0.725. The van der Waals surface area contributed by atoms with Crippen LogP contribution in [-0.4, -0.2) is 15.1 Å². The zero-order valence-electron chi connectivity index (χ0n) is 10.5. The van der Waals surface area contributed by atoms with E-state index in [0.717, 1.165) is 16.7 Å². The van der Waals surface area contributed by atoms with Gasteiger partial charge in [0.15, 0.2) is 0 Å². The highest BCUT2D eigenvalue weighted by Gasteiger charge is 2.13. The summed E-state index contributed by atoms with van der Waals surface area (Å²) in [6.07, 6.45) is 3.66. The largest absolute Gasteiger partial charge is 0.334 e. The second-order valence-electron chi connectivity index (χ2n) is 4.15. The van der Waals surface area contributed by atoms with Crippen molar-refractivity contribution in [3.05, 3.63) is 54.4 Å². The lowest BCUT2D eigenvalue weighted by molar-refractivity contribution is 0.432. The molecule has 5 nitrogen and oxygen atoms in total. The maximum absolute atomic E-state index is 8.85. The van der Waals surface area contributed by atoms with Crippen molar-refractivity contribution in [3.63, 3.8) is 0 Å². The Balaban J connectivity index is 2.01. The number of benzene rings is 1. The molecule has 1 aromatic carbocycles. The van der Waals surface area contributed by atoms with Gasteiger partial charge >= 0.3 is 0 Å². The lowest BCUT2D eigenvalue weighted by Gasteiger charge is -2.00. The van der Waals surface area contributed by atoms with E-state index in [0.29, 0.717) is 18.1 Å². The molecule has 5 heteroatoms. The van der Waals surface area contributed by atoms with Crippen LogP contribution in [0, 0.1) is 11.3 Å².